The highest BCUT2D eigenvalue weighted by Crippen LogP contribution is 2.38. The first-order valence-corrected chi connectivity index (χ1v) is 9.16. The van der Waals surface area contributed by atoms with E-state index < -0.39 is 36.1 Å². The van der Waals surface area contributed by atoms with Gasteiger partial charge in [-0.3, -0.25) is 9.78 Å². The van der Waals surface area contributed by atoms with Gasteiger partial charge in [0.2, 0.25) is 0 Å². The smallest absolute Gasteiger partial charge is 0.420 e. The first-order chi connectivity index (χ1) is 15.2. The number of pyridine rings is 1. The highest BCUT2D eigenvalue weighted by Gasteiger charge is 2.35. The van der Waals surface area contributed by atoms with E-state index in [2.05, 4.69) is 10.3 Å². The summed E-state index contributed by atoms with van der Waals surface area (Å²) < 4.78 is 45.1. The molecule has 0 saturated carbocycles. The van der Waals surface area contributed by atoms with Crippen molar-refractivity contribution >= 4 is 11.6 Å². The second kappa shape index (κ2) is 9.47. The van der Waals surface area contributed by atoms with E-state index in [-0.39, 0.29) is 17.0 Å². The molecule has 0 fully saturated rings. The van der Waals surface area contributed by atoms with E-state index in [1.807, 2.05) is 0 Å². The molecule has 32 heavy (non-hydrogen) atoms. The van der Waals surface area contributed by atoms with Crippen LogP contribution in [-0.4, -0.2) is 27.7 Å². The number of alkyl halides is 3. The van der Waals surface area contributed by atoms with Crippen LogP contribution in [0, 0.1) is 11.3 Å². The van der Waals surface area contributed by atoms with Gasteiger partial charge in [0.25, 0.3) is 5.91 Å². The predicted octanol–water partition coefficient (Wildman–Crippen LogP) is 4.04. The summed E-state index contributed by atoms with van der Waals surface area (Å²) in [4.78, 5) is 16.3. The number of halogens is 3. The molecule has 3 rings (SSSR count). The molecule has 1 amide bonds. The number of nitrogens with zero attached hydrogens (tertiary/aromatic N) is 2. The lowest BCUT2D eigenvalue weighted by molar-refractivity contribution is -0.138. The number of aliphatic hydroxyl groups excluding tert-OH is 2. The monoisotopic (exact) mass is 443 g/mol. The van der Waals surface area contributed by atoms with Crippen molar-refractivity contribution < 1.29 is 32.9 Å². The molecule has 3 N–H and O–H groups in total. The van der Waals surface area contributed by atoms with Crippen molar-refractivity contribution in [2.75, 3.05) is 11.9 Å². The Morgan fingerprint density at radius 3 is 2.50 bits per heavy atom. The van der Waals surface area contributed by atoms with Crippen molar-refractivity contribution in [2.24, 2.45) is 0 Å². The summed E-state index contributed by atoms with van der Waals surface area (Å²) in [6, 6.07) is 13.0. The largest absolute Gasteiger partial charge is 0.457 e. The molecule has 0 bridgehead atoms. The maximum atomic E-state index is 13.3. The lowest BCUT2D eigenvalue weighted by atomic mass is 10.1. The molecule has 10 heteroatoms. The van der Waals surface area contributed by atoms with Crippen molar-refractivity contribution in [3.05, 3.63) is 83.2 Å². The van der Waals surface area contributed by atoms with Gasteiger partial charge >= 0.3 is 6.18 Å². The van der Waals surface area contributed by atoms with Crippen LogP contribution < -0.4 is 10.1 Å². The molecular weight excluding hydrogens is 427 g/mol. The fourth-order valence-electron chi connectivity index (χ4n) is 2.72. The third-order valence-corrected chi connectivity index (χ3v) is 4.33. The zero-order valence-electron chi connectivity index (χ0n) is 16.3. The summed E-state index contributed by atoms with van der Waals surface area (Å²) in [5, 5.41) is 30.1. The lowest BCUT2D eigenvalue weighted by Gasteiger charge is -2.14. The maximum Gasteiger partial charge on any atom is 0.420 e. The molecule has 0 radical (unpaired) electrons. The molecule has 0 aliphatic rings. The number of nitriles is 1. The Bertz CT molecular complexity index is 1160. The Balaban J connectivity index is 1.74. The van der Waals surface area contributed by atoms with Crippen LogP contribution in [0.4, 0.5) is 18.9 Å². The number of anilines is 1. The summed E-state index contributed by atoms with van der Waals surface area (Å²) in [6.45, 7) is -0.512. The molecule has 0 aliphatic heterocycles. The van der Waals surface area contributed by atoms with Gasteiger partial charge in [-0.1, -0.05) is 0 Å². The normalized spacial score (nSPS) is 12.0. The van der Waals surface area contributed by atoms with Crippen LogP contribution in [0.5, 0.6) is 11.5 Å². The van der Waals surface area contributed by atoms with E-state index in [9.17, 15) is 23.1 Å². The van der Waals surface area contributed by atoms with Crippen LogP contribution in [0.1, 0.15) is 33.3 Å². The van der Waals surface area contributed by atoms with Crippen LogP contribution in [0.2, 0.25) is 0 Å². The summed E-state index contributed by atoms with van der Waals surface area (Å²) >= 11 is 0. The quantitative estimate of drug-likeness (QED) is 0.530. The molecule has 0 saturated heterocycles. The number of aliphatic hydroxyl groups is 2. The van der Waals surface area contributed by atoms with Gasteiger partial charge in [0.05, 0.1) is 23.8 Å². The van der Waals surface area contributed by atoms with Crippen LogP contribution >= 0.6 is 0 Å². The lowest BCUT2D eigenvalue weighted by Crippen LogP contribution is -2.14. The van der Waals surface area contributed by atoms with Gasteiger partial charge < -0.3 is 20.3 Å². The van der Waals surface area contributed by atoms with Crippen molar-refractivity contribution in [1.29, 1.82) is 5.26 Å². The Morgan fingerprint density at radius 2 is 1.88 bits per heavy atom. The Labute approximate surface area is 180 Å². The van der Waals surface area contributed by atoms with Crippen molar-refractivity contribution in [3.8, 4) is 17.6 Å². The fraction of sp³-hybridized carbons (Fsp3) is 0.136. The number of benzene rings is 2. The molecule has 7 nitrogen and oxygen atoms in total. The van der Waals surface area contributed by atoms with Gasteiger partial charge in [-0.15, -0.1) is 0 Å². The molecule has 3 aromatic rings. The second-order valence-corrected chi connectivity index (χ2v) is 6.57. The van der Waals surface area contributed by atoms with Crippen molar-refractivity contribution in [2.45, 2.75) is 12.3 Å². The first-order valence-electron chi connectivity index (χ1n) is 9.16. The number of ether oxygens (including phenoxy) is 1. The highest BCUT2D eigenvalue weighted by atomic mass is 19.4. The van der Waals surface area contributed by atoms with E-state index in [0.717, 1.165) is 6.07 Å². The number of hydrogen-bond donors (Lipinski definition) is 3. The van der Waals surface area contributed by atoms with Crippen LogP contribution in [-0.2, 0) is 6.18 Å². The minimum absolute atomic E-state index is 0.00253. The van der Waals surface area contributed by atoms with Gasteiger partial charge in [-0.2, -0.15) is 18.4 Å². The Kier molecular flexibility index (Phi) is 6.73. The third-order valence-electron chi connectivity index (χ3n) is 4.33. The Hall–Kier alpha value is -3.94. The van der Waals surface area contributed by atoms with E-state index in [4.69, 9.17) is 15.1 Å². The zero-order chi connectivity index (χ0) is 23.3. The van der Waals surface area contributed by atoms with E-state index in [1.54, 1.807) is 6.07 Å². The number of nitrogens with one attached hydrogen (secondary N) is 1. The molecule has 1 aromatic heterocycles. The third kappa shape index (κ3) is 5.40. The average molecular weight is 443 g/mol. The standard InChI is InChI=1S/C22H16F3N3O4/c23-22(24,25)17-9-13(11-26)1-6-20(17)32-16-4-2-15(3-5-16)28-21(31)18-10-14(7-8-27-18)19(30)12-29/h1-10,19,29-30H,12H2,(H,28,31)/t19-/m1/s1. The molecule has 0 unspecified atom stereocenters. The van der Waals surface area contributed by atoms with Gasteiger partial charge in [0.1, 0.15) is 23.3 Å². The summed E-state index contributed by atoms with van der Waals surface area (Å²) in [5.41, 5.74) is -0.577. The number of carbonyl (C=O) groups excluding carboxylic acids is 1. The maximum absolute atomic E-state index is 13.3. The zero-order valence-corrected chi connectivity index (χ0v) is 16.3. The number of hydrogen-bond acceptors (Lipinski definition) is 6. The number of rotatable bonds is 6. The minimum atomic E-state index is -4.71. The first kappa shape index (κ1) is 22.7. The average Bonchev–Trinajstić information content (AvgIpc) is 2.79. The van der Waals surface area contributed by atoms with Crippen LogP contribution in [0.3, 0.4) is 0 Å². The van der Waals surface area contributed by atoms with E-state index in [1.165, 1.54) is 48.7 Å². The summed E-state index contributed by atoms with van der Waals surface area (Å²) in [7, 11) is 0. The second-order valence-electron chi connectivity index (χ2n) is 6.57. The van der Waals surface area contributed by atoms with Crippen molar-refractivity contribution in [1.82, 2.24) is 4.98 Å². The summed E-state index contributed by atoms with van der Waals surface area (Å²) in [6.07, 6.45) is -4.54. The molecule has 1 heterocycles. The van der Waals surface area contributed by atoms with Gasteiger partial charge in [-0.05, 0) is 60.2 Å². The van der Waals surface area contributed by atoms with E-state index >= 15 is 0 Å². The highest BCUT2D eigenvalue weighted by molar-refractivity contribution is 6.02. The molecule has 0 spiro atoms. The molecule has 164 valence electrons. The number of carbonyl (C=O) groups is 1. The van der Waals surface area contributed by atoms with Gasteiger partial charge in [-0.25, -0.2) is 0 Å². The van der Waals surface area contributed by atoms with Gasteiger partial charge in [0.15, 0.2) is 0 Å². The van der Waals surface area contributed by atoms with Crippen LogP contribution in [0.15, 0.2) is 60.8 Å². The fourth-order valence-corrected chi connectivity index (χ4v) is 2.72. The van der Waals surface area contributed by atoms with E-state index in [0.29, 0.717) is 17.3 Å². The number of aromatic nitrogens is 1. The minimum Gasteiger partial charge on any atom is -0.457 e. The molecular formula is C22H16F3N3O4. The topological polar surface area (TPSA) is 115 Å². The molecule has 2 aromatic carbocycles. The van der Waals surface area contributed by atoms with Crippen LogP contribution in [0.25, 0.3) is 0 Å². The summed E-state index contributed by atoms with van der Waals surface area (Å²) in [5.74, 6) is -0.960. The van der Waals surface area contributed by atoms with Gasteiger partial charge in [0, 0.05) is 11.9 Å². The molecule has 0 aliphatic carbocycles. The number of amides is 1. The van der Waals surface area contributed by atoms with Crippen molar-refractivity contribution in [3.63, 3.8) is 0 Å². The molecule has 1 atom stereocenters. The SMILES string of the molecule is N#Cc1ccc(Oc2ccc(NC(=O)c3cc([C@H](O)CO)ccn3)cc2)c(C(F)(F)F)c1. The Morgan fingerprint density at radius 1 is 1.16 bits per heavy atom. The predicted molar refractivity (Wildman–Crippen MR) is 107 cm³/mol.